The lowest BCUT2D eigenvalue weighted by Gasteiger charge is -2.14. The van der Waals surface area contributed by atoms with Crippen molar-refractivity contribution in [1.29, 1.82) is 0 Å². The molecule has 0 heterocycles. The van der Waals surface area contributed by atoms with Crippen LogP contribution in [0.5, 0.6) is 0 Å². The van der Waals surface area contributed by atoms with Gasteiger partial charge in [-0.25, -0.2) is 33.3 Å². The Morgan fingerprint density at radius 3 is 1.39 bits per heavy atom. The molecule has 23 heavy (non-hydrogen) atoms. The number of hydrogen-bond acceptors (Lipinski definition) is 11. The minimum absolute atomic E-state index is 2.22. The molecule has 4 N–H and O–H groups in total. The number of phosphoric ester groups is 1. The Bertz CT molecular complexity index is 579. The van der Waals surface area contributed by atoms with Gasteiger partial charge < -0.3 is 29.2 Å². The van der Waals surface area contributed by atoms with E-state index in [1.165, 1.54) is 0 Å². The Kier molecular flexibility index (Phi) is 6.86. The molecular formula is C6H4BO15P. The van der Waals surface area contributed by atoms with Gasteiger partial charge in [0.15, 0.2) is 0 Å². The van der Waals surface area contributed by atoms with Gasteiger partial charge >= 0.3 is 51.0 Å². The minimum atomic E-state index is -5.70. The lowest BCUT2D eigenvalue weighted by Crippen LogP contribution is -2.36. The SMILES string of the molecule is O=C(O)C(=O)OB(OC(=O)C(=O)O)OP(=O)(O)OC(=O)C(=O)O. The molecule has 17 heteroatoms. The van der Waals surface area contributed by atoms with Crippen molar-refractivity contribution in [3.63, 3.8) is 0 Å². The molecule has 0 aromatic carbocycles. The maximum atomic E-state index is 11.2. The number of carbonyl (C=O) groups is 6. The molecule has 0 aromatic rings. The average molecular weight is 358 g/mol. The van der Waals surface area contributed by atoms with Crippen LogP contribution in [0.2, 0.25) is 0 Å². The molecule has 1 atom stereocenters. The third-order valence-corrected chi connectivity index (χ3v) is 2.18. The number of aliphatic carboxylic acids is 3. The molecule has 0 bridgehead atoms. The monoisotopic (exact) mass is 358 g/mol. The minimum Gasteiger partial charge on any atom is -0.473 e. The second kappa shape index (κ2) is 7.88. The first-order chi connectivity index (χ1) is 10.4. The molecule has 0 aliphatic rings. The highest BCUT2D eigenvalue weighted by molar-refractivity contribution is 7.49. The Labute approximate surface area is 124 Å². The van der Waals surface area contributed by atoms with Crippen molar-refractivity contribution in [2.45, 2.75) is 0 Å². The number of hydrogen-bond donors (Lipinski definition) is 4. The molecule has 0 aromatic heterocycles. The van der Waals surface area contributed by atoms with E-state index in [0.717, 1.165) is 0 Å². The van der Waals surface area contributed by atoms with Crippen molar-refractivity contribution >= 4 is 51.0 Å². The summed E-state index contributed by atoms with van der Waals surface area (Å²) in [6.07, 6.45) is 0. The predicted molar refractivity (Wildman–Crippen MR) is 57.8 cm³/mol. The summed E-state index contributed by atoms with van der Waals surface area (Å²) >= 11 is 0. The first-order valence-corrected chi connectivity index (χ1v) is 6.21. The van der Waals surface area contributed by atoms with Gasteiger partial charge in [0.25, 0.3) is 0 Å². The van der Waals surface area contributed by atoms with E-state index in [0.29, 0.717) is 0 Å². The molecule has 1 unspecified atom stereocenters. The summed E-state index contributed by atoms with van der Waals surface area (Å²) in [6.45, 7) is 0. The van der Waals surface area contributed by atoms with Crippen LogP contribution in [0.15, 0.2) is 0 Å². The summed E-state index contributed by atoms with van der Waals surface area (Å²) in [7, 11) is -8.76. The van der Waals surface area contributed by atoms with Crippen molar-refractivity contribution in [3.05, 3.63) is 0 Å². The molecule has 0 aliphatic carbocycles. The van der Waals surface area contributed by atoms with Crippen LogP contribution in [-0.2, 0) is 51.6 Å². The zero-order valence-corrected chi connectivity index (χ0v) is 11.2. The smallest absolute Gasteiger partial charge is 0.473 e. The Balaban J connectivity index is 5.15. The number of carbonyl (C=O) groups excluding carboxylic acids is 3. The Hall–Kier alpha value is -2.97. The van der Waals surface area contributed by atoms with Crippen LogP contribution in [0.4, 0.5) is 0 Å². The fraction of sp³-hybridized carbons (Fsp3) is 0. The summed E-state index contributed by atoms with van der Waals surface area (Å²) in [5.41, 5.74) is 0. The van der Waals surface area contributed by atoms with Crippen molar-refractivity contribution in [1.82, 2.24) is 0 Å². The maximum absolute atomic E-state index is 11.2. The molecule has 0 fully saturated rings. The second-order valence-electron chi connectivity index (χ2n) is 2.97. The number of carboxylic acids is 3. The van der Waals surface area contributed by atoms with Crippen LogP contribution >= 0.6 is 7.82 Å². The van der Waals surface area contributed by atoms with Crippen LogP contribution in [0.25, 0.3) is 0 Å². The van der Waals surface area contributed by atoms with E-state index in [4.69, 9.17) is 20.2 Å². The Morgan fingerprint density at radius 2 is 1.09 bits per heavy atom. The fourth-order valence-electron chi connectivity index (χ4n) is 0.617. The van der Waals surface area contributed by atoms with Crippen LogP contribution < -0.4 is 0 Å². The molecule has 0 saturated heterocycles. The fourth-order valence-corrected chi connectivity index (χ4v) is 1.25. The van der Waals surface area contributed by atoms with Gasteiger partial charge in [0, 0.05) is 0 Å². The van der Waals surface area contributed by atoms with E-state index in [9.17, 15) is 33.3 Å². The quantitative estimate of drug-likeness (QED) is 0.217. The topological polar surface area (TPSA) is 237 Å². The van der Waals surface area contributed by atoms with Gasteiger partial charge in [-0.2, -0.15) is 0 Å². The second-order valence-corrected chi connectivity index (χ2v) is 4.30. The maximum Gasteiger partial charge on any atom is 0.802 e. The number of phosphoric acid groups is 1. The number of rotatable bonds is 5. The van der Waals surface area contributed by atoms with Gasteiger partial charge in [0.1, 0.15) is 0 Å². The van der Waals surface area contributed by atoms with Crippen LogP contribution in [-0.4, -0.2) is 63.4 Å². The zero-order chi connectivity index (χ0) is 18.4. The summed E-state index contributed by atoms with van der Waals surface area (Å²) in [5, 5.41) is 24.5. The zero-order valence-electron chi connectivity index (χ0n) is 10.3. The van der Waals surface area contributed by atoms with E-state index < -0.39 is 51.0 Å². The van der Waals surface area contributed by atoms with E-state index in [-0.39, 0.29) is 0 Å². The predicted octanol–water partition coefficient (Wildman–Crippen LogP) is -3.03. The molecule has 0 rings (SSSR count). The third-order valence-electron chi connectivity index (χ3n) is 1.35. The lowest BCUT2D eigenvalue weighted by atomic mass is 10.2. The van der Waals surface area contributed by atoms with E-state index >= 15 is 0 Å². The Morgan fingerprint density at radius 1 is 0.739 bits per heavy atom. The lowest BCUT2D eigenvalue weighted by molar-refractivity contribution is -0.164. The summed E-state index contributed by atoms with van der Waals surface area (Å²) in [4.78, 5) is 71.5. The molecule has 126 valence electrons. The molecule has 0 saturated carbocycles. The van der Waals surface area contributed by atoms with Crippen molar-refractivity contribution in [2.24, 2.45) is 0 Å². The molecule has 0 amide bonds. The van der Waals surface area contributed by atoms with Crippen LogP contribution in [0.1, 0.15) is 0 Å². The van der Waals surface area contributed by atoms with Crippen LogP contribution in [0.3, 0.4) is 0 Å². The average Bonchev–Trinajstić information content (AvgIpc) is 2.36. The van der Waals surface area contributed by atoms with Gasteiger partial charge in [-0.1, -0.05) is 0 Å². The van der Waals surface area contributed by atoms with Crippen molar-refractivity contribution < 1.29 is 71.8 Å². The summed E-state index contributed by atoms with van der Waals surface area (Å²) in [5.74, 6) is -13.7. The normalized spacial score (nSPS) is 12.2. The highest BCUT2D eigenvalue weighted by atomic mass is 31.2. The van der Waals surface area contributed by atoms with Gasteiger partial charge in [-0.05, 0) is 0 Å². The number of carboxylic acid groups (broad SMARTS) is 3. The third kappa shape index (κ3) is 7.56. The molecule has 15 nitrogen and oxygen atoms in total. The van der Waals surface area contributed by atoms with Crippen molar-refractivity contribution in [2.75, 3.05) is 0 Å². The standard InChI is InChI=1S/C6H4BO15P/c8-1(9)4(14)19-7(20-5(15)2(10)11)22-23(17,18)21-6(16)3(12)13/h(H,8,9)(H,10,11)(H,12,13)(H,17,18). The first kappa shape index (κ1) is 20.0. The molecule has 0 spiro atoms. The van der Waals surface area contributed by atoms with Gasteiger partial charge in [-0.3, -0.25) is 9.33 Å². The largest absolute Gasteiger partial charge is 0.802 e. The highest BCUT2D eigenvalue weighted by Crippen LogP contribution is 2.44. The van der Waals surface area contributed by atoms with E-state index in [1.54, 1.807) is 0 Å². The highest BCUT2D eigenvalue weighted by Gasteiger charge is 2.45. The molecule has 0 radical (unpaired) electrons. The summed E-state index contributed by atoms with van der Waals surface area (Å²) < 4.78 is 25.6. The molecule has 0 aliphatic heterocycles. The van der Waals surface area contributed by atoms with E-state index in [2.05, 4.69) is 18.3 Å². The van der Waals surface area contributed by atoms with E-state index in [1.807, 2.05) is 0 Å². The van der Waals surface area contributed by atoms with Crippen molar-refractivity contribution in [3.8, 4) is 0 Å². The molecular weight excluding hydrogens is 354 g/mol. The van der Waals surface area contributed by atoms with Gasteiger partial charge in [-0.15, -0.1) is 0 Å². The van der Waals surface area contributed by atoms with Crippen LogP contribution in [0, 0.1) is 0 Å². The first-order valence-electron chi connectivity index (χ1n) is 4.71. The van der Waals surface area contributed by atoms with Gasteiger partial charge in [0.2, 0.25) is 0 Å². The summed E-state index contributed by atoms with van der Waals surface area (Å²) in [6, 6.07) is 0. The van der Waals surface area contributed by atoms with Gasteiger partial charge in [0.05, 0.1) is 0 Å².